The predicted octanol–water partition coefficient (Wildman–Crippen LogP) is 4.23. The molecule has 2 aromatic rings. The number of ether oxygens (including phenoxy) is 1. The Morgan fingerprint density at radius 3 is 2.31 bits per heavy atom. The fraction of sp³-hybridized carbons (Fsp3) is 0.462. The number of anilines is 1. The van der Waals surface area contributed by atoms with Crippen molar-refractivity contribution in [2.75, 3.05) is 24.2 Å². The van der Waals surface area contributed by atoms with Crippen molar-refractivity contribution in [3.63, 3.8) is 0 Å². The first-order valence-electron chi connectivity index (χ1n) is 11.9. The summed E-state index contributed by atoms with van der Waals surface area (Å²) in [6, 6.07) is 13.2. The van der Waals surface area contributed by atoms with Crippen LogP contribution in [0, 0.1) is 0 Å². The molecule has 36 heavy (non-hydrogen) atoms. The molecule has 0 spiro atoms. The van der Waals surface area contributed by atoms with Crippen LogP contribution < -0.4 is 14.4 Å². The Morgan fingerprint density at radius 1 is 1.08 bits per heavy atom. The van der Waals surface area contributed by atoms with Gasteiger partial charge >= 0.3 is 0 Å². The average Bonchev–Trinajstić information content (AvgIpc) is 2.84. The summed E-state index contributed by atoms with van der Waals surface area (Å²) in [7, 11) is -2.14. The second kappa shape index (κ2) is 13.5. The fourth-order valence-electron chi connectivity index (χ4n) is 3.65. The van der Waals surface area contributed by atoms with Gasteiger partial charge < -0.3 is 15.0 Å². The molecule has 0 aromatic heterocycles. The number of nitrogens with zero attached hydrogens (tertiary/aromatic N) is 2. The molecule has 2 amide bonds. The molecular weight excluding hydrogens is 502 g/mol. The average molecular weight is 538 g/mol. The first kappa shape index (κ1) is 29.5. The van der Waals surface area contributed by atoms with Crippen molar-refractivity contribution in [3.8, 4) is 5.75 Å². The minimum atomic E-state index is -3.62. The van der Waals surface area contributed by atoms with E-state index in [1.807, 2.05) is 26.0 Å². The molecule has 0 aliphatic rings. The molecule has 8 nitrogen and oxygen atoms in total. The van der Waals surface area contributed by atoms with Gasteiger partial charge in [0.1, 0.15) is 11.8 Å². The van der Waals surface area contributed by atoms with Crippen molar-refractivity contribution in [3.05, 3.63) is 59.1 Å². The summed E-state index contributed by atoms with van der Waals surface area (Å²) in [4.78, 5) is 27.7. The van der Waals surface area contributed by atoms with Gasteiger partial charge in [0.25, 0.3) is 0 Å². The van der Waals surface area contributed by atoms with Crippen molar-refractivity contribution in [2.24, 2.45) is 0 Å². The molecule has 2 atom stereocenters. The number of methoxy groups -OCH3 is 1. The molecule has 2 rings (SSSR count). The lowest BCUT2D eigenvalue weighted by Crippen LogP contribution is -2.49. The first-order valence-corrected chi connectivity index (χ1v) is 14.2. The van der Waals surface area contributed by atoms with Crippen molar-refractivity contribution in [1.29, 1.82) is 0 Å². The predicted molar refractivity (Wildman–Crippen MR) is 144 cm³/mol. The molecule has 0 unspecified atom stereocenters. The zero-order valence-electron chi connectivity index (χ0n) is 21.5. The van der Waals surface area contributed by atoms with Gasteiger partial charge in [-0.05, 0) is 56.5 Å². The number of carbonyl (C=O) groups is 2. The van der Waals surface area contributed by atoms with E-state index in [1.54, 1.807) is 43.3 Å². The minimum Gasteiger partial charge on any atom is -0.495 e. The first-order chi connectivity index (χ1) is 17.0. The normalized spacial score (nSPS) is 12.9. The van der Waals surface area contributed by atoms with E-state index in [2.05, 4.69) is 5.32 Å². The highest BCUT2D eigenvalue weighted by atomic mass is 35.5. The Kier molecular flexibility index (Phi) is 11.0. The summed E-state index contributed by atoms with van der Waals surface area (Å²) in [5, 5.41) is 3.51. The number of carbonyl (C=O) groups excluding carboxylic acids is 2. The molecule has 0 saturated carbocycles. The summed E-state index contributed by atoms with van der Waals surface area (Å²) in [5.74, 6) is -0.0577. The van der Waals surface area contributed by atoms with Gasteiger partial charge in [-0.25, -0.2) is 8.42 Å². The van der Waals surface area contributed by atoms with Crippen LogP contribution in [0.1, 0.15) is 45.6 Å². The molecule has 0 radical (unpaired) electrons. The molecule has 10 heteroatoms. The lowest BCUT2D eigenvalue weighted by Gasteiger charge is -2.30. The smallest absolute Gasteiger partial charge is 0.242 e. The number of nitrogens with one attached hydrogen (secondary N) is 1. The number of hydrogen-bond acceptors (Lipinski definition) is 5. The molecule has 0 saturated heterocycles. The van der Waals surface area contributed by atoms with E-state index >= 15 is 0 Å². The zero-order chi connectivity index (χ0) is 26.9. The maximum Gasteiger partial charge on any atom is 0.242 e. The van der Waals surface area contributed by atoms with Gasteiger partial charge in [0.05, 0.1) is 19.1 Å². The summed E-state index contributed by atoms with van der Waals surface area (Å²) in [6.45, 7) is 5.90. The van der Waals surface area contributed by atoms with Crippen LogP contribution in [0.2, 0.25) is 5.02 Å². The molecule has 0 heterocycles. The zero-order valence-corrected chi connectivity index (χ0v) is 23.1. The molecule has 0 aliphatic heterocycles. The minimum absolute atomic E-state index is 0.0170. The van der Waals surface area contributed by atoms with Gasteiger partial charge in [0, 0.05) is 30.6 Å². The Morgan fingerprint density at radius 2 is 1.72 bits per heavy atom. The number of sulfonamides is 1. The van der Waals surface area contributed by atoms with Crippen LogP contribution in [-0.4, -0.2) is 57.1 Å². The Balaban J connectivity index is 2.19. The highest BCUT2D eigenvalue weighted by Gasteiger charge is 2.27. The van der Waals surface area contributed by atoms with Gasteiger partial charge in [0.2, 0.25) is 21.8 Å². The summed E-state index contributed by atoms with van der Waals surface area (Å²) in [5.41, 5.74) is 1.25. The van der Waals surface area contributed by atoms with E-state index in [0.717, 1.165) is 18.2 Å². The molecule has 0 fully saturated rings. The van der Waals surface area contributed by atoms with Crippen LogP contribution in [0.5, 0.6) is 5.75 Å². The largest absolute Gasteiger partial charge is 0.495 e. The second-order valence-electron chi connectivity index (χ2n) is 8.75. The Labute approximate surface area is 219 Å². The van der Waals surface area contributed by atoms with Gasteiger partial charge in [-0.1, -0.05) is 42.8 Å². The third kappa shape index (κ3) is 8.41. The fourth-order valence-corrected chi connectivity index (χ4v) is 4.75. The van der Waals surface area contributed by atoms with E-state index in [4.69, 9.17) is 16.3 Å². The Hall–Kier alpha value is -2.78. The SMILES string of the molecule is CC[C@H](C)NC(=O)[C@H](C)N(Cc1ccc(Cl)cc1)C(=O)CCCN(c1ccccc1OC)S(C)(=O)=O. The quantitative estimate of drug-likeness (QED) is 0.412. The van der Waals surface area contributed by atoms with Crippen molar-refractivity contribution in [2.45, 2.75) is 58.7 Å². The van der Waals surface area contributed by atoms with Gasteiger partial charge in [-0.3, -0.25) is 13.9 Å². The van der Waals surface area contributed by atoms with E-state index in [9.17, 15) is 18.0 Å². The van der Waals surface area contributed by atoms with E-state index in [-0.39, 0.29) is 43.8 Å². The van der Waals surface area contributed by atoms with Crippen LogP contribution >= 0.6 is 11.6 Å². The van der Waals surface area contributed by atoms with Crippen LogP contribution in [0.3, 0.4) is 0 Å². The van der Waals surface area contributed by atoms with Gasteiger partial charge in [-0.2, -0.15) is 0 Å². The third-order valence-corrected chi connectivity index (χ3v) is 7.37. The van der Waals surface area contributed by atoms with Crippen molar-refractivity contribution in [1.82, 2.24) is 10.2 Å². The molecular formula is C26H36ClN3O5S. The summed E-state index contributed by atoms with van der Waals surface area (Å²) < 4.78 is 31.6. The topological polar surface area (TPSA) is 96.0 Å². The number of rotatable bonds is 13. The van der Waals surface area contributed by atoms with Gasteiger partial charge in [-0.15, -0.1) is 0 Å². The number of halogens is 1. The van der Waals surface area contributed by atoms with E-state index < -0.39 is 16.1 Å². The second-order valence-corrected chi connectivity index (χ2v) is 11.1. The van der Waals surface area contributed by atoms with Crippen LogP contribution in [0.15, 0.2) is 48.5 Å². The Bertz CT molecular complexity index is 1120. The molecule has 2 aromatic carbocycles. The number of para-hydroxylation sites is 2. The summed E-state index contributed by atoms with van der Waals surface area (Å²) in [6.07, 6.45) is 2.22. The molecule has 0 aliphatic carbocycles. The number of hydrogen-bond donors (Lipinski definition) is 1. The third-order valence-electron chi connectivity index (χ3n) is 5.94. The van der Waals surface area contributed by atoms with Crippen molar-refractivity contribution < 1.29 is 22.7 Å². The van der Waals surface area contributed by atoms with Crippen molar-refractivity contribution >= 4 is 39.1 Å². The maximum atomic E-state index is 13.3. The maximum absolute atomic E-state index is 13.3. The number of amides is 2. The van der Waals surface area contributed by atoms with Crippen LogP contribution in [0.25, 0.3) is 0 Å². The summed E-state index contributed by atoms with van der Waals surface area (Å²) >= 11 is 6.00. The van der Waals surface area contributed by atoms with Gasteiger partial charge in [0.15, 0.2) is 0 Å². The molecule has 0 bridgehead atoms. The lowest BCUT2D eigenvalue weighted by molar-refractivity contribution is -0.140. The van der Waals surface area contributed by atoms with Crippen LogP contribution in [0.4, 0.5) is 5.69 Å². The van der Waals surface area contributed by atoms with Crippen LogP contribution in [-0.2, 0) is 26.2 Å². The highest BCUT2D eigenvalue weighted by Crippen LogP contribution is 2.29. The lowest BCUT2D eigenvalue weighted by atomic mass is 10.1. The monoisotopic (exact) mass is 537 g/mol. The highest BCUT2D eigenvalue weighted by molar-refractivity contribution is 7.92. The number of benzene rings is 2. The van der Waals surface area contributed by atoms with E-state index in [0.29, 0.717) is 16.5 Å². The standard InChI is InChI=1S/C26H36ClN3O5S/c1-6-19(2)28-26(32)20(3)29(18-21-13-15-22(27)16-14-21)25(31)12-9-17-30(36(5,33)34)23-10-7-8-11-24(23)35-4/h7-8,10-11,13-16,19-20H,6,9,12,17-18H2,1-5H3,(H,28,32)/t19-,20-/m0/s1. The van der Waals surface area contributed by atoms with E-state index in [1.165, 1.54) is 16.3 Å². The molecule has 198 valence electrons. The molecule has 1 N–H and O–H groups in total.